The minimum atomic E-state index is -0.268. The van der Waals surface area contributed by atoms with Crippen LogP contribution in [0, 0.1) is 5.92 Å². The van der Waals surface area contributed by atoms with E-state index in [1.807, 2.05) is 6.92 Å². The van der Waals surface area contributed by atoms with Crippen LogP contribution >= 0.6 is 0 Å². The second-order valence-electron chi connectivity index (χ2n) is 7.12. The lowest BCUT2D eigenvalue weighted by molar-refractivity contribution is -0.126. The van der Waals surface area contributed by atoms with Gasteiger partial charge in [0.25, 0.3) is 5.91 Å². The van der Waals surface area contributed by atoms with Gasteiger partial charge in [0, 0.05) is 36.5 Å². The summed E-state index contributed by atoms with van der Waals surface area (Å²) < 4.78 is 5.19. The zero-order valence-corrected chi connectivity index (χ0v) is 14.1. The maximum absolute atomic E-state index is 12.2. The molecule has 0 bridgehead atoms. The number of rotatable bonds is 6. The zero-order chi connectivity index (χ0) is 17.1. The Morgan fingerprint density at radius 1 is 1.29 bits per heavy atom. The van der Waals surface area contributed by atoms with Crippen molar-refractivity contribution in [2.24, 2.45) is 11.7 Å². The van der Waals surface area contributed by atoms with E-state index < -0.39 is 0 Å². The van der Waals surface area contributed by atoms with Gasteiger partial charge in [-0.05, 0) is 45.4 Å². The molecule has 132 valence electrons. The second kappa shape index (κ2) is 7.34. The van der Waals surface area contributed by atoms with Crippen molar-refractivity contribution in [2.45, 2.75) is 63.5 Å². The van der Waals surface area contributed by atoms with Crippen LogP contribution in [0.3, 0.4) is 0 Å². The number of aromatic nitrogens is 1. The standard InChI is InChI=1S/C17H26N4O3/c1-10(9-19-16(22)12-4-6-13(18)7-5-12)20-17(23)14-8-15(24-21-14)11-2-3-11/h8,10-13H,2-7,9,18H2,1H3,(H,19,22)(H,20,23). The molecule has 2 fully saturated rings. The van der Waals surface area contributed by atoms with Crippen molar-refractivity contribution in [3.63, 3.8) is 0 Å². The van der Waals surface area contributed by atoms with E-state index in [1.165, 1.54) is 0 Å². The Morgan fingerprint density at radius 2 is 2.00 bits per heavy atom. The van der Waals surface area contributed by atoms with E-state index in [9.17, 15) is 9.59 Å². The van der Waals surface area contributed by atoms with Gasteiger partial charge in [0.05, 0.1) is 0 Å². The molecule has 1 atom stereocenters. The summed E-state index contributed by atoms with van der Waals surface area (Å²) in [6.45, 7) is 2.26. The lowest BCUT2D eigenvalue weighted by Gasteiger charge is -2.25. The number of nitrogens with zero attached hydrogens (tertiary/aromatic N) is 1. The van der Waals surface area contributed by atoms with Crippen molar-refractivity contribution in [2.75, 3.05) is 6.54 Å². The first-order valence-corrected chi connectivity index (χ1v) is 8.83. The van der Waals surface area contributed by atoms with Gasteiger partial charge in [-0.2, -0.15) is 0 Å². The summed E-state index contributed by atoms with van der Waals surface area (Å²) in [5.74, 6) is 1.05. The summed E-state index contributed by atoms with van der Waals surface area (Å²) in [5.41, 5.74) is 6.16. The third-order valence-corrected chi connectivity index (χ3v) is 4.84. The lowest BCUT2D eigenvalue weighted by Crippen LogP contribution is -2.44. The quantitative estimate of drug-likeness (QED) is 0.726. The van der Waals surface area contributed by atoms with Gasteiger partial charge in [0.1, 0.15) is 5.76 Å². The summed E-state index contributed by atoms with van der Waals surface area (Å²) in [4.78, 5) is 24.3. The summed E-state index contributed by atoms with van der Waals surface area (Å²) in [6.07, 6.45) is 5.70. The van der Waals surface area contributed by atoms with Crippen LogP contribution in [-0.4, -0.2) is 35.6 Å². The average Bonchev–Trinajstić information content (AvgIpc) is 3.30. The smallest absolute Gasteiger partial charge is 0.273 e. The normalized spacial score (nSPS) is 25.1. The third-order valence-electron chi connectivity index (χ3n) is 4.84. The van der Waals surface area contributed by atoms with Crippen LogP contribution < -0.4 is 16.4 Å². The molecular formula is C17H26N4O3. The maximum atomic E-state index is 12.2. The Kier molecular flexibility index (Phi) is 5.18. The fourth-order valence-electron chi connectivity index (χ4n) is 3.08. The molecule has 2 amide bonds. The number of nitrogens with one attached hydrogen (secondary N) is 2. The van der Waals surface area contributed by atoms with E-state index in [0.29, 0.717) is 18.2 Å². The highest BCUT2D eigenvalue weighted by atomic mass is 16.5. The van der Waals surface area contributed by atoms with Gasteiger partial charge in [-0.1, -0.05) is 5.16 Å². The first kappa shape index (κ1) is 17.0. The molecule has 3 rings (SSSR count). The Morgan fingerprint density at radius 3 is 2.67 bits per heavy atom. The van der Waals surface area contributed by atoms with E-state index in [2.05, 4.69) is 15.8 Å². The lowest BCUT2D eigenvalue weighted by atomic mass is 9.86. The average molecular weight is 334 g/mol. The number of amides is 2. The molecule has 4 N–H and O–H groups in total. The van der Waals surface area contributed by atoms with Crippen LogP contribution in [0.2, 0.25) is 0 Å². The molecule has 1 aromatic heterocycles. The van der Waals surface area contributed by atoms with Gasteiger partial charge in [-0.25, -0.2) is 0 Å². The summed E-state index contributed by atoms with van der Waals surface area (Å²) >= 11 is 0. The summed E-state index contributed by atoms with van der Waals surface area (Å²) in [5, 5.41) is 9.58. The fraction of sp³-hybridized carbons (Fsp3) is 0.706. The van der Waals surface area contributed by atoms with Gasteiger partial charge in [0.15, 0.2) is 5.69 Å². The number of nitrogens with two attached hydrogens (primary N) is 1. The third kappa shape index (κ3) is 4.35. The molecule has 0 aromatic carbocycles. The van der Waals surface area contributed by atoms with Gasteiger partial charge in [-0.3, -0.25) is 9.59 Å². The number of hydrogen-bond donors (Lipinski definition) is 3. The topological polar surface area (TPSA) is 110 Å². The molecule has 7 nitrogen and oxygen atoms in total. The van der Waals surface area contributed by atoms with Crippen molar-refractivity contribution in [1.82, 2.24) is 15.8 Å². The Balaban J connectivity index is 1.40. The van der Waals surface area contributed by atoms with Crippen molar-refractivity contribution < 1.29 is 14.1 Å². The van der Waals surface area contributed by atoms with Crippen molar-refractivity contribution in [3.8, 4) is 0 Å². The van der Waals surface area contributed by atoms with Gasteiger partial charge >= 0.3 is 0 Å². The maximum Gasteiger partial charge on any atom is 0.273 e. The highest BCUT2D eigenvalue weighted by Gasteiger charge is 2.29. The minimum Gasteiger partial charge on any atom is -0.360 e. The molecule has 1 unspecified atom stereocenters. The monoisotopic (exact) mass is 334 g/mol. The first-order valence-electron chi connectivity index (χ1n) is 8.83. The highest BCUT2D eigenvalue weighted by Crippen LogP contribution is 2.40. The highest BCUT2D eigenvalue weighted by molar-refractivity contribution is 5.92. The van der Waals surface area contributed by atoms with E-state index in [-0.39, 0.29) is 29.8 Å². The molecule has 0 radical (unpaired) electrons. The molecule has 1 heterocycles. The molecular weight excluding hydrogens is 308 g/mol. The predicted octanol–water partition coefficient (Wildman–Crippen LogP) is 1.30. The zero-order valence-electron chi connectivity index (χ0n) is 14.1. The predicted molar refractivity (Wildman–Crippen MR) is 88.3 cm³/mol. The van der Waals surface area contributed by atoms with E-state index >= 15 is 0 Å². The fourth-order valence-corrected chi connectivity index (χ4v) is 3.08. The Bertz CT molecular complexity index is 588. The Hall–Kier alpha value is -1.89. The molecule has 2 aliphatic rings. The molecule has 2 saturated carbocycles. The van der Waals surface area contributed by atoms with Crippen LogP contribution in [0.15, 0.2) is 10.6 Å². The number of hydrogen-bond acceptors (Lipinski definition) is 5. The Labute approximate surface area is 141 Å². The molecule has 1 aromatic rings. The SMILES string of the molecule is CC(CNC(=O)C1CCC(N)CC1)NC(=O)c1cc(C2CC2)on1. The number of carbonyl (C=O) groups is 2. The van der Waals surface area contributed by atoms with Crippen LogP contribution in [0.1, 0.15) is 67.6 Å². The molecule has 7 heteroatoms. The van der Waals surface area contributed by atoms with E-state index in [1.54, 1.807) is 6.07 Å². The minimum absolute atomic E-state index is 0.0457. The molecule has 0 spiro atoms. The second-order valence-corrected chi connectivity index (χ2v) is 7.12. The van der Waals surface area contributed by atoms with Crippen LogP contribution in [-0.2, 0) is 4.79 Å². The van der Waals surface area contributed by atoms with Crippen molar-refractivity contribution in [3.05, 3.63) is 17.5 Å². The van der Waals surface area contributed by atoms with Crippen LogP contribution in [0.5, 0.6) is 0 Å². The molecule has 2 aliphatic carbocycles. The van der Waals surface area contributed by atoms with E-state index in [4.69, 9.17) is 10.3 Å². The van der Waals surface area contributed by atoms with Gasteiger partial charge < -0.3 is 20.9 Å². The van der Waals surface area contributed by atoms with Crippen molar-refractivity contribution >= 4 is 11.8 Å². The summed E-state index contributed by atoms with van der Waals surface area (Å²) in [7, 11) is 0. The van der Waals surface area contributed by atoms with Gasteiger partial charge in [-0.15, -0.1) is 0 Å². The molecule has 0 aliphatic heterocycles. The van der Waals surface area contributed by atoms with Crippen LogP contribution in [0.4, 0.5) is 0 Å². The summed E-state index contributed by atoms with van der Waals surface area (Å²) in [6, 6.07) is 1.77. The molecule has 0 saturated heterocycles. The largest absolute Gasteiger partial charge is 0.360 e. The number of carbonyl (C=O) groups excluding carboxylic acids is 2. The van der Waals surface area contributed by atoms with E-state index in [0.717, 1.165) is 44.3 Å². The van der Waals surface area contributed by atoms with Crippen LogP contribution in [0.25, 0.3) is 0 Å². The molecule has 24 heavy (non-hydrogen) atoms. The van der Waals surface area contributed by atoms with Gasteiger partial charge in [0.2, 0.25) is 5.91 Å². The first-order chi connectivity index (χ1) is 11.5. The van der Waals surface area contributed by atoms with Crippen molar-refractivity contribution in [1.29, 1.82) is 0 Å².